The first-order chi connectivity index (χ1) is 6.75. The smallest absolute Gasteiger partial charge is 0.0763 e. The normalized spacial score (nSPS) is 20.4. The highest BCUT2D eigenvalue weighted by Gasteiger charge is 2.16. The van der Waals surface area contributed by atoms with Crippen LogP contribution in [0.15, 0.2) is 22.7 Å². The summed E-state index contributed by atoms with van der Waals surface area (Å²) >= 11 is 3.59. The van der Waals surface area contributed by atoms with E-state index in [0.29, 0.717) is 0 Å². The molecule has 2 heteroatoms. The minimum Gasteiger partial charge on any atom is -0.389 e. The van der Waals surface area contributed by atoms with Crippen LogP contribution in [0.1, 0.15) is 44.9 Å². The summed E-state index contributed by atoms with van der Waals surface area (Å²) in [6, 6.07) is 0. The highest BCUT2D eigenvalue weighted by atomic mass is 79.9. The predicted octanol–water partition coefficient (Wildman–Crippen LogP) is 3.93. The van der Waals surface area contributed by atoms with Crippen molar-refractivity contribution >= 4 is 15.9 Å². The van der Waals surface area contributed by atoms with E-state index in [9.17, 15) is 5.11 Å². The van der Waals surface area contributed by atoms with E-state index < -0.39 is 0 Å². The highest BCUT2D eigenvalue weighted by molar-refractivity contribution is 9.11. The van der Waals surface area contributed by atoms with Crippen molar-refractivity contribution in [2.45, 2.75) is 51.0 Å². The van der Waals surface area contributed by atoms with Gasteiger partial charge in [0.1, 0.15) is 0 Å². The molecule has 1 rings (SSSR count). The summed E-state index contributed by atoms with van der Waals surface area (Å²) in [5, 5.41) is 9.96. The fraction of sp³-hybridized carbons (Fsp3) is 0.667. The number of allylic oxidation sites excluding steroid dienone is 2. The van der Waals surface area contributed by atoms with Gasteiger partial charge in [-0.15, -0.1) is 6.58 Å². The zero-order chi connectivity index (χ0) is 10.4. The first-order valence-corrected chi connectivity index (χ1v) is 6.21. The number of hydrogen-bond donors (Lipinski definition) is 1. The van der Waals surface area contributed by atoms with Crippen LogP contribution in [0.3, 0.4) is 0 Å². The molecule has 1 nitrogen and oxygen atoms in total. The van der Waals surface area contributed by atoms with E-state index in [1.54, 1.807) is 0 Å². The van der Waals surface area contributed by atoms with Crippen LogP contribution in [-0.4, -0.2) is 11.2 Å². The Kier molecular flexibility index (Phi) is 5.49. The van der Waals surface area contributed by atoms with Crippen LogP contribution in [0.4, 0.5) is 0 Å². The van der Waals surface area contributed by atoms with Gasteiger partial charge in [-0.2, -0.15) is 0 Å². The second kappa shape index (κ2) is 6.41. The summed E-state index contributed by atoms with van der Waals surface area (Å²) in [4.78, 5) is 0. The SMILES string of the molecule is C=CCCC(O)C1=C(Br)CCCCC1. The van der Waals surface area contributed by atoms with E-state index in [1.165, 1.54) is 29.3 Å². The first kappa shape index (κ1) is 12.0. The summed E-state index contributed by atoms with van der Waals surface area (Å²) in [6.07, 6.45) is 9.22. The van der Waals surface area contributed by atoms with Crippen molar-refractivity contribution in [3.05, 3.63) is 22.7 Å². The largest absolute Gasteiger partial charge is 0.389 e. The summed E-state index contributed by atoms with van der Waals surface area (Å²) in [6.45, 7) is 3.68. The molecule has 1 atom stereocenters. The average Bonchev–Trinajstić information content (AvgIpc) is 2.39. The molecule has 1 N–H and O–H groups in total. The number of rotatable bonds is 4. The van der Waals surface area contributed by atoms with Crippen LogP contribution >= 0.6 is 15.9 Å². The van der Waals surface area contributed by atoms with Crippen molar-refractivity contribution < 1.29 is 5.11 Å². The lowest BCUT2D eigenvalue weighted by Crippen LogP contribution is -2.10. The zero-order valence-corrected chi connectivity index (χ0v) is 10.2. The Bertz CT molecular complexity index is 220. The molecule has 1 unspecified atom stereocenters. The molecular weight excluding hydrogens is 240 g/mol. The van der Waals surface area contributed by atoms with Crippen molar-refractivity contribution in [3.63, 3.8) is 0 Å². The maximum Gasteiger partial charge on any atom is 0.0763 e. The molecule has 0 radical (unpaired) electrons. The van der Waals surface area contributed by atoms with Crippen LogP contribution in [0.5, 0.6) is 0 Å². The van der Waals surface area contributed by atoms with Crippen LogP contribution in [0, 0.1) is 0 Å². The second-order valence-corrected chi connectivity index (χ2v) is 4.83. The molecule has 0 fully saturated rings. The van der Waals surface area contributed by atoms with Gasteiger partial charge in [0.15, 0.2) is 0 Å². The maximum absolute atomic E-state index is 9.96. The van der Waals surface area contributed by atoms with Gasteiger partial charge in [-0.25, -0.2) is 0 Å². The summed E-state index contributed by atoms with van der Waals surface area (Å²) in [5.41, 5.74) is 1.23. The summed E-state index contributed by atoms with van der Waals surface area (Å²) < 4.78 is 1.24. The zero-order valence-electron chi connectivity index (χ0n) is 8.64. The molecule has 0 bridgehead atoms. The van der Waals surface area contributed by atoms with Crippen LogP contribution < -0.4 is 0 Å². The predicted molar refractivity (Wildman–Crippen MR) is 64.5 cm³/mol. The molecule has 0 spiro atoms. The number of aliphatic hydroxyl groups is 1. The van der Waals surface area contributed by atoms with Gasteiger partial charge < -0.3 is 5.11 Å². The van der Waals surface area contributed by atoms with Crippen LogP contribution in [-0.2, 0) is 0 Å². The van der Waals surface area contributed by atoms with E-state index >= 15 is 0 Å². The minimum absolute atomic E-state index is 0.263. The highest BCUT2D eigenvalue weighted by Crippen LogP contribution is 2.30. The number of aliphatic hydroxyl groups excluding tert-OH is 1. The van der Waals surface area contributed by atoms with E-state index in [2.05, 4.69) is 22.5 Å². The maximum atomic E-state index is 9.96. The second-order valence-electron chi connectivity index (χ2n) is 3.87. The van der Waals surface area contributed by atoms with Crippen molar-refractivity contribution in [1.29, 1.82) is 0 Å². The van der Waals surface area contributed by atoms with Gasteiger partial charge in [-0.05, 0) is 48.6 Å². The molecule has 0 saturated carbocycles. The Morgan fingerprint density at radius 2 is 2.07 bits per heavy atom. The van der Waals surface area contributed by atoms with Crippen LogP contribution in [0.2, 0.25) is 0 Å². The van der Waals surface area contributed by atoms with Gasteiger partial charge in [-0.3, -0.25) is 0 Å². The fourth-order valence-electron chi connectivity index (χ4n) is 1.87. The Morgan fingerprint density at radius 1 is 1.36 bits per heavy atom. The minimum atomic E-state index is -0.263. The molecule has 0 heterocycles. The lowest BCUT2D eigenvalue weighted by Gasteiger charge is -2.14. The Balaban J connectivity index is 2.57. The van der Waals surface area contributed by atoms with E-state index in [1.807, 2.05) is 6.08 Å². The third kappa shape index (κ3) is 3.58. The van der Waals surface area contributed by atoms with Gasteiger partial charge >= 0.3 is 0 Å². The van der Waals surface area contributed by atoms with Crippen molar-refractivity contribution in [1.82, 2.24) is 0 Å². The molecule has 0 aromatic heterocycles. The topological polar surface area (TPSA) is 20.2 Å². The third-order valence-corrected chi connectivity index (χ3v) is 3.64. The van der Waals surface area contributed by atoms with Crippen molar-refractivity contribution in [3.8, 4) is 0 Å². The van der Waals surface area contributed by atoms with Crippen molar-refractivity contribution in [2.75, 3.05) is 0 Å². The molecule has 0 amide bonds. The number of hydrogen-bond acceptors (Lipinski definition) is 1. The fourth-order valence-corrected chi connectivity index (χ4v) is 2.61. The van der Waals surface area contributed by atoms with E-state index in [-0.39, 0.29) is 6.10 Å². The van der Waals surface area contributed by atoms with Gasteiger partial charge in [0.05, 0.1) is 6.10 Å². The third-order valence-electron chi connectivity index (χ3n) is 2.74. The Morgan fingerprint density at radius 3 is 2.79 bits per heavy atom. The molecule has 0 saturated heterocycles. The van der Waals surface area contributed by atoms with Crippen molar-refractivity contribution in [2.24, 2.45) is 0 Å². The lowest BCUT2D eigenvalue weighted by molar-refractivity contribution is 0.197. The molecule has 1 aliphatic carbocycles. The molecule has 0 aromatic rings. The molecular formula is C12H19BrO. The first-order valence-electron chi connectivity index (χ1n) is 5.42. The summed E-state index contributed by atoms with van der Waals surface area (Å²) in [5.74, 6) is 0. The molecule has 1 aliphatic rings. The van der Waals surface area contributed by atoms with E-state index in [0.717, 1.165) is 25.7 Å². The quantitative estimate of drug-likeness (QED) is 0.758. The monoisotopic (exact) mass is 258 g/mol. The standard InChI is InChI=1S/C12H19BrO/c1-2-3-9-12(14)10-7-5-4-6-8-11(10)13/h2,12,14H,1,3-9H2. The van der Waals surface area contributed by atoms with Gasteiger partial charge in [0, 0.05) is 0 Å². The van der Waals surface area contributed by atoms with Gasteiger partial charge in [0.25, 0.3) is 0 Å². The Labute approximate surface area is 95.0 Å². The molecule has 80 valence electrons. The van der Waals surface area contributed by atoms with E-state index in [4.69, 9.17) is 0 Å². The van der Waals surface area contributed by atoms with Gasteiger partial charge in [-0.1, -0.05) is 28.4 Å². The summed E-state index contributed by atoms with van der Waals surface area (Å²) in [7, 11) is 0. The average molecular weight is 259 g/mol. The lowest BCUT2D eigenvalue weighted by atomic mass is 10.0. The Hall–Kier alpha value is -0.0800. The molecule has 0 aliphatic heterocycles. The van der Waals surface area contributed by atoms with Gasteiger partial charge in [0.2, 0.25) is 0 Å². The molecule has 14 heavy (non-hydrogen) atoms. The van der Waals surface area contributed by atoms with Crippen LogP contribution in [0.25, 0.3) is 0 Å². The number of halogens is 1. The molecule has 0 aromatic carbocycles.